The molecule has 0 aliphatic heterocycles. The summed E-state index contributed by atoms with van der Waals surface area (Å²) < 4.78 is 1.55. The fourth-order valence-electron chi connectivity index (χ4n) is 1.17. The number of aromatic nitrogens is 2. The monoisotopic (exact) mass is 355 g/mol. The second-order valence-corrected chi connectivity index (χ2v) is 4.91. The van der Waals surface area contributed by atoms with Gasteiger partial charge in [-0.25, -0.2) is 9.97 Å². The quantitative estimate of drug-likeness (QED) is 0.898. The van der Waals surface area contributed by atoms with Crippen LogP contribution in [0.15, 0.2) is 45.7 Å². The standard InChI is InChI=1S/C11H7Br2N3O/c12-8-3-1-7(2-4-8)11(17)16-10-6-14-9(13)5-15-10/h1-6H,(H,15,16,17). The highest BCUT2D eigenvalue weighted by Gasteiger charge is 2.06. The molecular weight excluding hydrogens is 350 g/mol. The van der Waals surface area contributed by atoms with Crippen LogP contribution in [0.4, 0.5) is 5.82 Å². The van der Waals surface area contributed by atoms with E-state index in [1.807, 2.05) is 12.1 Å². The van der Waals surface area contributed by atoms with Gasteiger partial charge < -0.3 is 5.32 Å². The van der Waals surface area contributed by atoms with Gasteiger partial charge in [0, 0.05) is 10.0 Å². The Morgan fingerprint density at radius 2 is 1.76 bits per heavy atom. The van der Waals surface area contributed by atoms with E-state index in [2.05, 4.69) is 47.1 Å². The Balaban J connectivity index is 2.11. The van der Waals surface area contributed by atoms with E-state index in [9.17, 15) is 4.79 Å². The molecule has 4 nitrogen and oxygen atoms in total. The summed E-state index contributed by atoms with van der Waals surface area (Å²) in [5, 5.41) is 2.66. The zero-order valence-corrected chi connectivity index (χ0v) is 11.7. The predicted molar refractivity (Wildman–Crippen MR) is 71.8 cm³/mol. The normalized spacial score (nSPS) is 10.0. The molecule has 0 spiro atoms. The zero-order valence-electron chi connectivity index (χ0n) is 8.52. The average molecular weight is 357 g/mol. The Morgan fingerprint density at radius 1 is 1.06 bits per heavy atom. The molecule has 1 N–H and O–H groups in total. The third kappa shape index (κ3) is 3.34. The molecule has 0 atom stereocenters. The molecule has 86 valence electrons. The average Bonchev–Trinajstić information content (AvgIpc) is 2.33. The molecule has 1 aromatic heterocycles. The van der Waals surface area contributed by atoms with Crippen LogP contribution in [0.3, 0.4) is 0 Å². The number of halogens is 2. The Bertz CT molecular complexity index is 525. The Labute approximate surface area is 115 Å². The third-order valence-electron chi connectivity index (χ3n) is 1.97. The largest absolute Gasteiger partial charge is 0.305 e. The lowest BCUT2D eigenvalue weighted by atomic mass is 10.2. The number of nitrogens with one attached hydrogen (secondary N) is 1. The van der Waals surface area contributed by atoms with E-state index in [1.54, 1.807) is 12.1 Å². The van der Waals surface area contributed by atoms with Crippen molar-refractivity contribution in [1.29, 1.82) is 0 Å². The van der Waals surface area contributed by atoms with E-state index >= 15 is 0 Å². The fourth-order valence-corrected chi connectivity index (χ4v) is 1.64. The molecular formula is C11H7Br2N3O. The van der Waals surface area contributed by atoms with Crippen molar-refractivity contribution in [3.63, 3.8) is 0 Å². The zero-order chi connectivity index (χ0) is 12.3. The van der Waals surface area contributed by atoms with Gasteiger partial charge in [-0.1, -0.05) is 15.9 Å². The first-order chi connectivity index (χ1) is 8.15. The molecule has 0 fully saturated rings. The first-order valence-corrected chi connectivity index (χ1v) is 6.28. The molecule has 2 rings (SSSR count). The molecule has 6 heteroatoms. The molecule has 0 saturated carbocycles. The number of amides is 1. The fraction of sp³-hybridized carbons (Fsp3) is 0. The van der Waals surface area contributed by atoms with Gasteiger partial charge in [0.1, 0.15) is 4.60 Å². The van der Waals surface area contributed by atoms with E-state index in [-0.39, 0.29) is 5.91 Å². The molecule has 1 heterocycles. The van der Waals surface area contributed by atoms with Gasteiger partial charge in [-0.05, 0) is 40.2 Å². The van der Waals surface area contributed by atoms with Crippen molar-refractivity contribution in [3.8, 4) is 0 Å². The van der Waals surface area contributed by atoms with Gasteiger partial charge in [0.15, 0.2) is 5.82 Å². The van der Waals surface area contributed by atoms with Crippen LogP contribution in [0, 0.1) is 0 Å². The smallest absolute Gasteiger partial charge is 0.256 e. The summed E-state index contributed by atoms with van der Waals surface area (Å²) >= 11 is 6.48. The van der Waals surface area contributed by atoms with E-state index in [1.165, 1.54) is 12.4 Å². The lowest BCUT2D eigenvalue weighted by molar-refractivity contribution is 0.102. The maximum atomic E-state index is 11.8. The lowest BCUT2D eigenvalue weighted by Gasteiger charge is -2.03. The molecule has 0 saturated heterocycles. The number of nitrogens with zero attached hydrogens (tertiary/aromatic N) is 2. The molecule has 0 unspecified atom stereocenters. The van der Waals surface area contributed by atoms with Crippen LogP contribution in [0.1, 0.15) is 10.4 Å². The Hall–Kier alpha value is -1.27. The Kier molecular flexibility index (Phi) is 3.86. The van der Waals surface area contributed by atoms with Gasteiger partial charge in [0.2, 0.25) is 0 Å². The number of hydrogen-bond donors (Lipinski definition) is 1. The summed E-state index contributed by atoms with van der Waals surface area (Å²) in [6.45, 7) is 0. The number of rotatable bonds is 2. The van der Waals surface area contributed by atoms with Crippen LogP contribution >= 0.6 is 31.9 Å². The van der Waals surface area contributed by atoms with E-state index in [0.29, 0.717) is 16.0 Å². The highest BCUT2D eigenvalue weighted by atomic mass is 79.9. The summed E-state index contributed by atoms with van der Waals surface area (Å²) in [6, 6.07) is 7.07. The van der Waals surface area contributed by atoms with Crippen molar-refractivity contribution in [2.24, 2.45) is 0 Å². The maximum Gasteiger partial charge on any atom is 0.256 e. The van der Waals surface area contributed by atoms with Gasteiger partial charge in [0.05, 0.1) is 12.4 Å². The molecule has 2 aromatic rings. The molecule has 0 aliphatic carbocycles. The summed E-state index contributed by atoms with van der Waals surface area (Å²) in [7, 11) is 0. The van der Waals surface area contributed by atoms with Gasteiger partial charge in [-0.2, -0.15) is 0 Å². The summed E-state index contributed by atoms with van der Waals surface area (Å²) in [4.78, 5) is 19.8. The van der Waals surface area contributed by atoms with Crippen LogP contribution < -0.4 is 5.32 Å². The minimum atomic E-state index is -0.214. The van der Waals surface area contributed by atoms with Gasteiger partial charge >= 0.3 is 0 Å². The molecule has 0 radical (unpaired) electrons. The van der Waals surface area contributed by atoms with Crippen LogP contribution in [0.25, 0.3) is 0 Å². The van der Waals surface area contributed by atoms with Gasteiger partial charge in [-0.3, -0.25) is 4.79 Å². The molecule has 1 aromatic carbocycles. The molecule has 1 amide bonds. The van der Waals surface area contributed by atoms with E-state index in [0.717, 1.165) is 4.47 Å². The van der Waals surface area contributed by atoms with Crippen LogP contribution in [0.2, 0.25) is 0 Å². The lowest BCUT2D eigenvalue weighted by Crippen LogP contribution is -2.12. The Morgan fingerprint density at radius 3 is 2.35 bits per heavy atom. The number of carbonyl (C=O) groups excluding carboxylic acids is 1. The van der Waals surface area contributed by atoms with Crippen molar-refractivity contribution in [1.82, 2.24) is 9.97 Å². The van der Waals surface area contributed by atoms with Crippen LogP contribution in [0.5, 0.6) is 0 Å². The van der Waals surface area contributed by atoms with Crippen molar-refractivity contribution in [2.75, 3.05) is 5.32 Å². The topological polar surface area (TPSA) is 54.9 Å². The van der Waals surface area contributed by atoms with Gasteiger partial charge in [0.25, 0.3) is 5.91 Å². The maximum absolute atomic E-state index is 11.8. The SMILES string of the molecule is O=C(Nc1cnc(Br)cn1)c1ccc(Br)cc1. The number of carbonyl (C=O) groups is 1. The summed E-state index contributed by atoms with van der Waals surface area (Å²) in [5.41, 5.74) is 0.568. The number of anilines is 1. The second-order valence-electron chi connectivity index (χ2n) is 3.19. The van der Waals surface area contributed by atoms with Crippen molar-refractivity contribution in [2.45, 2.75) is 0 Å². The highest BCUT2D eigenvalue weighted by molar-refractivity contribution is 9.10. The summed E-state index contributed by atoms with van der Waals surface area (Å²) in [6.07, 6.45) is 3.01. The molecule has 0 bridgehead atoms. The van der Waals surface area contributed by atoms with Crippen molar-refractivity contribution >= 4 is 43.6 Å². The minimum Gasteiger partial charge on any atom is -0.305 e. The molecule has 0 aliphatic rings. The highest BCUT2D eigenvalue weighted by Crippen LogP contribution is 2.12. The van der Waals surface area contributed by atoms with E-state index in [4.69, 9.17) is 0 Å². The van der Waals surface area contributed by atoms with Crippen molar-refractivity contribution < 1.29 is 4.79 Å². The van der Waals surface area contributed by atoms with Gasteiger partial charge in [-0.15, -0.1) is 0 Å². The first kappa shape index (κ1) is 12.2. The summed E-state index contributed by atoms with van der Waals surface area (Å²) in [5.74, 6) is 0.204. The number of hydrogen-bond acceptors (Lipinski definition) is 3. The number of benzene rings is 1. The van der Waals surface area contributed by atoms with Crippen LogP contribution in [-0.4, -0.2) is 15.9 Å². The third-order valence-corrected chi connectivity index (χ3v) is 2.91. The second kappa shape index (κ2) is 5.37. The van der Waals surface area contributed by atoms with E-state index < -0.39 is 0 Å². The molecule has 17 heavy (non-hydrogen) atoms. The van der Waals surface area contributed by atoms with Crippen LogP contribution in [-0.2, 0) is 0 Å². The predicted octanol–water partition coefficient (Wildman–Crippen LogP) is 3.25. The van der Waals surface area contributed by atoms with Crippen molar-refractivity contribution in [3.05, 3.63) is 51.3 Å². The minimum absolute atomic E-state index is 0.214. The first-order valence-electron chi connectivity index (χ1n) is 4.69.